The lowest BCUT2D eigenvalue weighted by molar-refractivity contribution is -0.134. The maximum absolute atomic E-state index is 9.98. The van der Waals surface area contributed by atoms with Crippen molar-refractivity contribution in [2.24, 2.45) is 0 Å². The van der Waals surface area contributed by atoms with E-state index in [9.17, 15) is 4.79 Å². The van der Waals surface area contributed by atoms with E-state index >= 15 is 0 Å². The second-order valence-electron chi connectivity index (χ2n) is 2.76. The summed E-state index contributed by atoms with van der Waals surface area (Å²) in [4.78, 5) is 9.98. The molecular formula is C9H18O2. The molecule has 0 rings (SSSR count). The first kappa shape index (κ1) is 10.5. The summed E-state index contributed by atoms with van der Waals surface area (Å²) >= 11 is 0. The molecule has 1 atom stereocenters. The monoisotopic (exact) mass is 158 g/mol. The molecule has 0 radical (unpaired) electrons. The van der Waals surface area contributed by atoms with Gasteiger partial charge in [0, 0.05) is 0 Å². The van der Waals surface area contributed by atoms with Crippen molar-refractivity contribution in [2.75, 3.05) is 0 Å². The van der Waals surface area contributed by atoms with Crippen molar-refractivity contribution in [3.63, 3.8) is 0 Å². The van der Waals surface area contributed by atoms with Crippen LogP contribution < -0.4 is 0 Å². The average molecular weight is 158 g/mol. The Morgan fingerprint density at radius 1 is 1.36 bits per heavy atom. The van der Waals surface area contributed by atoms with Crippen molar-refractivity contribution in [1.29, 1.82) is 0 Å². The number of hydrogen-bond acceptors (Lipinski definition) is 2. The molecule has 0 heterocycles. The second-order valence-corrected chi connectivity index (χ2v) is 2.76. The first-order valence-electron chi connectivity index (χ1n) is 4.44. The lowest BCUT2D eigenvalue weighted by Crippen LogP contribution is -2.10. The van der Waals surface area contributed by atoms with E-state index in [1.807, 2.05) is 6.92 Å². The third-order valence-corrected chi connectivity index (χ3v) is 1.83. The molecule has 0 saturated carbocycles. The Bertz CT molecular complexity index is 91.6. The molecule has 0 aromatic rings. The molecule has 66 valence electrons. The van der Waals surface area contributed by atoms with Gasteiger partial charge in [-0.05, 0) is 19.3 Å². The van der Waals surface area contributed by atoms with Gasteiger partial charge in [0.1, 0.15) is 6.10 Å². The second kappa shape index (κ2) is 7.58. The Kier molecular flexibility index (Phi) is 7.21. The molecule has 0 aliphatic rings. The molecule has 11 heavy (non-hydrogen) atoms. The third kappa shape index (κ3) is 5.89. The Morgan fingerprint density at radius 3 is 2.55 bits per heavy atom. The molecule has 0 aliphatic heterocycles. The number of carbonyl (C=O) groups excluding carboxylic acids is 1. The largest absolute Gasteiger partial charge is 0.465 e. The Morgan fingerprint density at radius 2 is 2.09 bits per heavy atom. The van der Waals surface area contributed by atoms with E-state index in [2.05, 4.69) is 6.92 Å². The normalized spacial score (nSPS) is 12.5. The zero-order valence-electron chi connectivity index (χ0n) is 7.51. The smallest absolute Gasteiger partial charge is 0.293 e. The van der Waals surface area contributed by atoms with Crippen molar-refractivity contribution in [1.82, 2.24) is 0 Å². The summed E-state index contributed by atoms with van der Waals surface area (Å²) in [5, 5.41) is 0. The molecule has 0 aromatic heterocycles. The van der Waals surface area contributed by atoms with Gasteiger partial charge < -0.3 is 4.74 Å². The van der Waals surface area contributed by atoms with Crippen LogP contribution in [0.15, 0.2) is 0 Å². The molecule has 0 aromatic carbocycles. The number of rotatable bonds is 7. The molecule has 0 N–H and O–H groups in total. The van der Waals surface area contributed by atoms with Crippen molar-refractivity contribution in [2.45, 2.75) is 52.1 Å². The van der Waals surface area contributed by atoms with E-state index in [0.29, 0.717) is 6.47 Å². The minimum Gasteiger partial charge on any atom is -0.465 e. The zero-order chi connectivity index (χ0) is 8.53. The van der Waals surface area contributed by atoms with Crippen LogP contribution in [0.5, 0.6) is 0 Å². The van der Waals surface area contributed by atoms with Gasteiger partial charge >= 0.3 is 0 Å². The van der Waals surface area contributed by atoms with Gasteiger partial charge in [-0.1, -0.05) is 26.7 Å². The van der Waals surface area contributed by atoms with Crippen LogP contribution in [-0.4, -0.2) is 12.6 Å². The van der Waals surface area contributed by atoms with E-state index in [1.54, 1.807) is 0 Å². The fraction of sp³-hybridized carbons (Fsp3) is 0.889. The number of unbranched alkanes of at least 4 members (excludes halogenated alkanes) is 2. The van der Waals surface area contributed by atoms with Crippen molar-refractivity contribution < 1.29 is 9.53 Å². The summed E-state index contributed by atoms with van der Waals surface area (Å²) in [6.45, 7) is 4.77. The minimum atomic E-state index is 0.152. The molecule has 0 amide bonds. The van der Waals surface area contributed by atoms with Gasteiger partial charge in [-0.3, -0.25) is 4.79 Å². The SMILES string of the molecule is CCCCC[C@@H](CC)OC=O. The van der Waals surface area contributed by atoms with Gasteiger partial charge in [0.2, 0.25) is 0 Å². The summed E-state index contributed by atoms with van der Waals surface area (Å²) in [5.74, 6) is 0. The van der Waals surface area contributed by atoms with E-state index in [1.165, 1.54) is 19.3 Å². The molecule has 2 nitrogen and oxygen atoms in total. The van der Waals surface area contributed by atoms with Crippen LogP contribution in [-0.2, 0) is 9.53 Å². The molecule has 0 saturated heterocycles. The molecule has 0 unspecified atom stereocenters. The first-order valence-corrected chi connectivity index (χ1v) is 4.44. The minimum absolute atomic E-state index is 0.152. The van der Waals surface area contributed by atoms with E-state index in [-0.39, 0.29) is 6.10 Å². The maximum atomic E-state index is 9.98. The van der Waals surface area contributed by atoms with Gasteiger partial charge in [0.05, 0.1) is 0 Å². The summed E-state index contributed by atoms with van der Waals surface area (Å²) < 4.78 is 4.86. The fourth-order valence-corrected chi connectivity index (χ4v) is 1.07. The van der Waals surface area contributed by atoms with Crippen molar-refractivity contribution in [3.05, 3.63) is 0 Å². The van der Waals surface area contributed by atoms with Crippen LogP contribution in [0.1, 0.15) is 46.0 Å². The summed E-state index contributed by atoms with van der Waals surface area (Å²) in [6, 6.07) is 0. The van der Waals surface area contributed by atoms with Crippen LogP contribution in [0, 0.1) is 0 Å². The highest BCUT2D eigenvalue weighted by atomic mass is 16.5. The standard InChI is InChI=1S/C9H18O2/c1-3-5-6-7-9(4-2)11-8-10/h8-9H,3-7H2,1-2H3/t9-/m1/s1. The van der Waals surface area contributed by atoms with Gasteiger partial charge in [0.25, 0.3) is 6.47 Å². The van der Waals surface area contributed by atoms with E-state index in [0.717, 1.165) is 12.8 Å². The summed E-state index contributed by atoms with van der Waals surface area (Å²) in [6.07, 6.45) is 5.73. The lowest BCUT2D eigenvalue weighted by Gasteiger charge is -2.11. The Hall–Kier alpha value is -0.530. The maximum Gasteiger partial charge on any atom is 0.293 e. The van der Waals surface area contributed by atoms with E-state index in [4.69, 9.17) is 4.74 Å². The quantitative estimate of drug-likeness (QED) is 0.420. The van der Waals surface area contributed by atoms with Gasteiger partial charge in [-0.15, -0.1) is 0 Å². The van der Waals surface area contributed by atoms with Gasteiger partial charge in [0.15, 0.2) is 0 Å². The highest BCUT2D eigenvalue weighted by Gasteiger charge is 2.04. The van der Waals surface area contributed by atoms with Crippen LogP contribution >= 0.6 is 0 Å². The average Bonchev–Trinajstić information content (AvgIpc) is 2.03. The summed E-state index contributed by atoms with van der Waals surface area (Å²) in [5.41, 5.74) is 0. The van der Waals surface area contributed by atoms with Gasteiger partial charge in [-0.25, -0.2) is 0 Å². The lowest BCUT2D eigenvalue weighted by atomic mass is 10.1. The first-order chi connectivity index (χ1) is 5.35. The molecule has 0 bridgehead atoms. The fourth-order valence-electron chi connectivity index (χ4n) is 1.07. The third-order valence-electron chi connectivity index (χ3n) is 1.83. The van der Waals surface area contributed by atoms with Crippen LogP contribution in [0.25, 0.3) is 0 Å². The molecule has 2 heteroatoms. The molecule has 0 spiro atoms. The number of carbonyl (C=O) groups is 1. The van der Waals surface area contributed by atoms with Crippen molar-refractivity contribution in [3.8, 4) is 0 Å². The predicted octanol–water partition coefficient (Wildman–Crippen LogP) is 2.52. The van der Waals surface area contributed by atoms with E-state index < -0.39 is 0 Å². The Labute approximate surface area is 68.9 Å². The number of ether oxygens (including phenoxy) is 1. The zero-order valence-corrected chi connectivity index (χ0v) is 7.51. The highest BCUT2D eigenvalue weighted by Crippen LogP contribution is 2.08. The topological polar surface area (TPSA) is 26.3 Å². The molecule has 0 fully saturated rings. The van der Waals surface area contributed by atoms with Crippen molar-refractivity contribution >= 4 is 6.47 Å². The van der Waals surface area contributed by atoms with Crippen LogP contribution in [0.4, 0.5) is 0 Å². The highest BCUT2D eigenvalue weighted by molar-refractivity contribution is 5.37. The van der Waals surface area contributed by atoms with Gasteiger partial charge in [-0.2, -0.15) is 0 Å². The summed E-state index contributed by atoms with van der Waals surface area (Å²) in [7, 11) is 0. The predicted molar refractivity (Wildman–Crippen MR) is 45.4 cm³/mol. The molecule has 0 aliphatic carbocycles. The molecular weight excluding hydrogens is 140 g/mol. The number of hydrogen-bond donors (Lipinski definition) is 0. The van der Waals surface area contributed by atoms with Crippen LogP contribution in [0.2, 0.25) is 0 Å². The Balaban J connectivity index is 3.27. The van der Waals surface area contributed by atoms with Crippen LogP contribution in [0.3, 0.4) is 0 Å².